The minimum Gasteiger partial charge on any atom is -0.309 e. The van der Waals surface area contributed by atoms with E-state index in [-0.39, 0.29) is 11.0 Å². The second kappa shape index (κ2) is 6.14. The monoisotopic (exact) mass is 395 g/mol. The van der Waals surface area contributed by atoms with Gasteiger partial charge < -0.3 is 4.90 Å². The largest absolute Gasteiger partial charge is 0.417 e. The number of fused-ring (bicyclic) bond motifs is 2. The molecule has 0 bridgehead atoms. The second-order valence-electron chi connectivity index (χ2n) is 7.58. The van der Waals surface area contributed by atoms with E-state index in [1.54, 1.807) is 6.07 Å². The van der Waals surface area contributed by atoms with E-state index >= 15 is 0 Å². The zero-order chi connectivity index (χ0) is 20.2. The molecule has 0 saturated heterocycles. The van der Waals surface area contributed by atoms with Crippen LogP contribution in [0.5, 0.6) is 0 Å². The van der Waals surface area contributed by atoms with Gasteiger partial charge in [-0.05, 0) is 36.1 Å². The molecule has 0 unspecified atom stereocenters. The van der Waals surface area contributed by atoms with Crippen molar-refractivity contribution in [2.24, 2.45) is 0 Å². The third-order valence-corrected chi connectivity index (χ3v) is 5.76. The molecule has 1 aromatic heterocycles. The molecule has 2 aliphatic rings. The topological polar surface area (TPSA) is 46.1 Å². The Morgan fingerprint density at radius 1 is 1.03 bits per heavy atom. The van der Waals surface area contributed by atoms with E-state index < -0.39 is 11.7 Å². The summed E-state index contributed by atoms with van der Waals surface area (Å²) in [4.78, 5) is 21.9. The van der Waals surface area contributed by atoms with E-state index in [0.717, 1.165) is 30.9 Å². The van der Waals surface area contributed by atoms with Crippen molar-refractivity contribution in [3.63, 3.8) is 0 Å². The number of aldehydes is 1. The van der Waals surface area contributed by atoms with Gasteiger partial charge in [0.05, 0.1) is 5.56 Å². The first-order valence-corrected chi connectivity index (χ1v) is 9.27. The number of hydrogen-bond donors (Lipinski definition) is 0. The number of benzene rings is 2. The van der Waals surface area contributed by atoms with Crippen LogP contribution in [0.15, 0.2) is 54.9 Å². The smallest absolute Gasteiger partial charge is 0.309 e. The Labute approximate surface area is 165 Å². The summed E-state index contributed by atoms with van der Waals surface area (Å²) in [6, 6.07) is 11.0. The summed E-state index contributed by atoms with van der Waals surface area (Å²) in [7, 11) is 0. The zero-order valence-corrected chi connectivity index (χ0v) is 15.3. The van der Waals surface area contributed by atoms with Crippen LogP contribution in [0.3, 0.4) is 0 Å². The van der Waals surface area contributed by atoms with Crippen LogP contribution in [0.1, 0.15) is 34.3 Å². The Balaban J connectivity index is 1.53. The lowest BCUT2D eigenvalue weighted by molar-refractivity contribution is -0.137. The number of carbonyl (C=O) groups is 1. The Hall–Kier alpha value is -3.22. The molecule has 2 aromatic carbocycles. The van der Waals surface area contributed by atoms with Crippen molar-refractivity contribution >= 4 is 17.9 Å². The molecule has 146 valence electrons. The molecule has 1 fully saturated rings. The molecule has 0 N–H and O–H groups in total. The summed E-state index contributed by atoms with van der Waals surface area (Å²) in [5.74, 6) is 0.423. The summed E-state index contributed by atoms with van der Waals surface area (Å²) in [6.07, 6.45) is 1.32. The van der Waals surface area contributed by atoms with Gasteiger partial charge in [0.2, 0.25) is 5.95 Å². The van der Waals surface area contributed by atoms with Gasteiger partial charge in [0, 0.05) is 41.2 Å². The number of rotatable bonds is 3. The van der Waals surface area contributed by atoms with Crippen LogP contribution in [0, 0.1) is 0 Å². The first-order chi connectivity index (χ1) is 13.9. The van der Waals surface area contributed by atoms with E-state index in [1.165, 1.54) is 30.1 Å². The first-order valence-electron chi connectivity index (χ1n) is 9.27. The zero-order valence-electron chi connectivity index (χ0n) is 15.3. The first kappa shape index (κ1) is 17.8. The van der Waals surface area contributed by atoms with Crippen molar-refractivity contribution in [3.05, 3.63) is 71.5 Å². The third kappa shape index (κ3) is 2.88. The van der Waals surface area contributed by atoms with E-state index in [9.17, 15) is 18.0 Å². The van der Waals surface area contributed by atoms with E-state index in [2.05, 4.69) is 9.97 Å². The number of anilines is 2. The molecule has 3 aromatic rings. The molecule has 2 heterocycles. The fraction of sp³-hybridized carbons (Fsp3) is 0.227. The molecular formula is C22H16F3N3O. The fourth-order valence-corrected chi connectivity index (χ4v) is 4.11. The van der Waals surface area contributed by atoms with Crippen LogP contribution in [-0.4, -0.2) is 22.8 Å². The lowest BCUT2D eigenvalue weighted by Crippen LogP contribution is -2.21. The fourth-order valence-electron chi connectivity index (χ4n) is 4.11. The highest BCUT2D eigenvalue weighted by Crippen LogP contribution is 2.57. The second-order valence-corrected chi connectivity index (χ2v) is 7.58. The van der Waals surface area contributed by atoms with Gasteiger partial charge in [-0.25, -0.2) is 9.97 Å². The summed E-state index contributed by atoms with van der Waals surface area (Å²) in [5, 5.41) is 0. The number of halogens is 3. The molecule has 0 amide bonds. The third-order valence-electron chi connectivity index (χ3n) is 5.76. The molecule has 1 spiro atoms. The van der Waals surface area contributed by atoms with Gasteiger partial charge in [0.1, 0.15) is 6.29 Å². The Morgan fingerprint density at radius 2 is 1.76 bits per heavy atom. The van der Waals surface area contributed by atoms with Crippen LogP contribution in [0.4, 0.5) is 24.8 Å². The van der Waals surface area contributed by atoms with Gasteiger partial charge in [0.25, 0.3) is 0 Å². The van der Waals surface area contributed by atoms with Gasteiger partial charge in [-0.1, -0.05) is 30.3 Å². The molecule has 1 saturated carbocycles. The van der Waals surface area contributed by atoms with E-state index in [4.69, 9.17) is 0 Å². The summed E-state index contributed by atoms with van der Waals surface area (Å²) in [6.45, 7) is 0.711. The molecule has 5 rings (SSSR count). The average Bonchev–Trinajstić information content (AvgIpc) is 3.44. The molecule has 0 radical (unpaired) electrons. The minimum absolute atomic E-state index is 0.0512. The predicted molar refractivity (Wildman–Crippen MR) is 102 cm³/mol. The standard InChI is InChI=1S/C22H16F3N3O/c23-22(24,25)17-4-2-1-3-16(17)15-10-26-20(27-11-15)28-13-21(7-8-21)18-6-5-14(12-29)9-19(18)28/h1-6,9-12H,7-8,13H2. The maximum Gasteiger partial charge on any atom is 0.417 e. The van der Waals surface area contributed by atoms with Crippen molar-refractivity contribution in [3.8, 4) is 11.1 Å². The SMILES string of the molecule is O=Cc1ccc2c(c1)N(c1ncc(-c3ccccc3C(F)(F)F)cn1)CC21CC1. The average molecular weight is 395 g/mol. The van der Waals surface area contributed by atoms with Crippen molar-refractivity contribution in [1.82, 2.24) is 9.97 Å². The van der Waals surface area contributed by atoms with Crippen LogP contribution in [0.2, 0.25) is 0 Å². The highest BCUT2D eigenvalue weighted by molar-refractivity contribution is 5.81. The van der Waals surface area contributed by atoms with Crippen molar-refractivity contribution in [2.75, 3.05) is 11.4 Å². The van der Waals surface area contributed by atoms with E-state index in [1.807, 2.05) is 23.1 Å². The number of hydrogen-bond acceptors (Lipinski definition) is 4. The van der Waals surface area contributed by atoms with Crippen LogP contribution in [-0.2, 0) is 11.6 Å². The molecule has 4 nitrogen and oxygen atoms in total. The van der Waals surface area contributed by atoms with Crippen molar-refractivity contribution in [2.45, 2.75) is 24.4 Å². The molecule has 1 aliphatic carbocycles. The van der Waals surface area contributed by atoms with Crippen molar-refractivity contribution in [1.29, 1.82) is 0 Å². The van der Waals surface area contributed by atoms with Gasteiger partial charge in [-0.3, -0.25) is 4.79 Å². The van der Waals surface area contributed by atoms with Gasteiger partial charge in [-0.2, -0.15) is 13.2 Å². The molecule has 7 heteroatoms. The minimum atomic E-state index is -4.45. The lowest BCUT2D eigenvalue weighted by atomic mass is 9.98. The maximum absolute atomic E-state index is 13.3. The Kier molecular flexibility index (Phi) is 3.78. The predicted octanol–water partition coefficient (Wildman–Crippen LogP) is 5.16. The molecular weight excluding hydrogens is 379 g/mol. The summed E-state index contributed by atoms with van der Waals surface area (Å²) < 4.78 is 39.9. The number of alkyl halides is 3. The van der Waals surface area contributed by atoms with Crippen LogP contribution < -0.4 is 4.90 Å². The number of carbonyl (C=O) groups excluding carboxylic acids is 1. The number of nitrogens with zero attached hydrogens (tertiary/aromatic N) is 3. The molecule has 1 aliphatic heterocycles. The van der Waals surface area contributed by atoms with Crippen LogP contribution >= 0.6 is 0 Å². The Bertz CT molecular complexity index is 1110. The normalized spacial score (nSPS) is 16.7. The van der Waals surface area contributed by atoms with Crippen molar-refractivity contribution < 1.29 is 18.0 Å². The van der Waals surface area contributed by atoms with Gasteiger partial charge in [0.15, 0.2) is 0 Å². The summed E-state index contributed by atoms with van der Waals surface area (Å²) in [5.41, 5.74) is 2.37. The quantitative estimate of drug-likeness (QED) is 0.575. The van der Waals surface area contributed by atoms with E-state index in [0.29, 0.717) is 23.6 Å². The highest BCUT2D eigenvalue weighted by atomic mass is 19.4. The van der Waals surface area contributed by atoms with Gasteiger partial charge >= 0.3 is 6.18 Å². The molecule has 0 atom stereocenters. The van der Waals surface area contributed by atoms with Gasteiger partial charge in [-0.15, -0.1) is 0 Å². The highest BCUT2D eigenvalue weighted by Gasteiger charge is 2.52. The number of aromatic nitrogens is 2. The summed E-state index contributed by atoms with van der Waals surface area (Å²) >= 11 is 0. The Morgan fingerprint density at radius 3 is 2.41 bits per heavy atom. The van der Waals surface area contributed by atoms with Crippen LogP contribution in [0.25, 0.3) is 11.1 Å². The maximum atomic E-state index is 13.3. The lowest BCUT2D eigenvalue weighted by Gasteiger charge is -2.18. The molecule has 29 heavy (non-hydrogen) atoms.